The van der Waals surface area contributed by atoms with Gasteiger partial charge in [0.2, 0.25) is 11.8 Å². The van der Waals surface area contributed by atoms with Gasteiger partial charge in [-0.2, -0.15) is 0 Å². The Balaban J connectivity index is 1.85. The minimum atomic E-state index is -0.849. The highest BCUT2D eigenvalue weighted by atomic mass is 16.6. The maximum Gasteiger partial charge on any atom is 0.269 e. The van der Waals surface area contributed by atoms with Crippen LogP contribution < -0.4 is 10.6 Å². The molecule has 8 heteroatoms. The van der Waals surface area contributed by atoms with Crippen molar-refractivity contribution in [3.63, 3.8) is 0 Å². The quantitative estimate of drug-likeness (QED) is 0.636. The van der Waals surface area contributed by atoms with E-state index in [4.69, 9.17) is 0 Å². The van der Waals surface area contributed by atoms with E-state index in [0.29, 0.717) is 29.8 Å². The van der Waals surface area contributed by atoms with Crippen LogP contribution in [0.25, 0.3) is 0 Å². The van der Waals surface area contributed by atoms with Gasteiger partial charge in [0.25, 0.3) is 5.69 Å². The number of benzene rings is 1. The zero-order valence-electron chi connectivity index (χ0n) is 14.5. The fraction of sp³-hybridized carbons (Fsp3) is 0.389. The molecule has 2 amide bonds. The number of amides is 2. The zero-order valence-corrected chi connectivity index (χ0v) is 14.5. The van der Waals surface area contributed by atoms with Gasteiger partial charge in [-0.3, -0.25) is 24.5 Å². The summed E-state index contributed by atoms with van der Waals surface area (Å²) >= 11 is 0. The Kier molecular flexibility index (Phi) is 4.35. The van der Waals surface area contributed by atoms with Crippen molar-refractivity contribution in [2.75, 3.05) is 5.32 Å². The largest absolute Gasteiger partial charge is 0.329 e. The number of hydrogen-bond donors (Lipinski definition) is 2. The van der Waals surface area contributed by atoms with E-state index in [-0.39, 0.29) is 29.2 Å². The molecular weight excluding hydrogens is 338 g/mol. The van der Waals surface area contributed by atoms with Crippen molar-refractivity contribution in [2.45, 2.75) is 33.1 Å². The second kappa shape index (κ2) is 6.36. The Bertz CT molecular complexity index is 839. The van der Waals surface area contributed by atoms with Crippen molar-refractivity contribution in [1.29, 1.82) is 0 Å². The molecule has 3 rings (SSSR count). The summed E-state index contributed by atoms with van der Waals surface area (Å²) in [5.74, 6) is -1.73. The summed E-state index contributed by atoms with van der Waals surface area (Å²) in [6.07, 6.45) is 0.758. The summed E-state index contributed by atoms with van der Waals surface area (Å²) in [5.41, 5.74) is 0.932. The molecule has 136 valence electrons. The van der Waals surface area contributed by atoms with Crippen LogP contribution in [-0.4, -0.2) is 22.5 Å². The van der Waals surface area contributed by atoms with Gasteiger partial charge in [0.05, 0.1) is 10.8 Å². The van der Waals surface area contributed by atoms with E-state index in [9.17, 15) is 24.5 Å². The van der Waals surface area contributed by atoms with Crippen molar-refractivity contribution in [3.05, 3.63) is 45.6 Å². The molecule has 0 spiro atoms. The molecule has 1 aliphatic carbocycles. The van der Waals surface area contributed by atoms with Gasteiger partial charge in [0, 0.05) is 41.9 Å². The van der Waals surface area contributed by atoms with Crippen molar-refractivity contribution in [3.8, 4) is 0 Å². The highest BCUT2D eigenvalue weighted by molar-refractivity contribution is 6.09. The second-order valence-corrected chi connectivity index (χ2v) is 7.43. The summed E-state index contributed by atoms with van der Waals surface area (Å²) in [6.45, 7) is 3.89. The van der Waals surface area contributed by atoms with Crippen LogP contribution in [0.4, 0.5) is 11.4 Å². The minimum Gasteiger partial charge on any atom is -0.329 e. The number of ketones is 1. The molecule has 0 bridgehead atoms. The third kappa shape index (κ3) is 3.49. The highest BCUT2D eigenvalue weighted by Crippen LogP contribution is 2.40. The summed E-state index contributed by atoms with van der Waals surface area (Å²) in [7, 11) is 0. The summed E-state index contributed by atoms with van der Waals surface area (Å²) in [5, 5.41) is 16.1. The molecule has 0 aromatic heterocycles. The first-order valence-corrected chi connectivity index (χ1v) is 8.28. The molecule has 1 aromatic rings. The molecule has 1 aromatic carbocycles. The lowest BCUT2D eigenvalue weighted by Crippen LogP contribution is -2.44. The first-order chi connectivity index (χ1) is 12.2. The number of hydrogen-bond acceptors (Lipinski definition) is 5. The van der Waals surface area contributed by atoms with Crippen molar-refractivity contribution in [2.24, 2.45) is 11.3 Å². The molecular formula is C18H19N3O5. The number of rotatable bonds is 3. The average Bonchev–Trinajstić information content (AvgIpc) is 2.52. The Hall–Kier alpha value is -3.03. The first kappa shape index (κ1) is 17.8. The maximum absolute atomic E-state index is 12.7. The van der Waals surface area contributed by atoms with Crippen molar-refractivity contribution >= 4 is 29.0 Å². The average molecular weight is 357 g/mol. The molecule has 0 saturated heterocycles. The number of nitro groups is 1. The van der Waals surface area contributed by atoms with Crippen LogP contribution in [0.2, 0.25) is 0 Å². The molecule has 8 nitrogen and oxygen atoms in total. The molecule has 1 aliphatic heterocycles. The summed E-state index contributed by atoms with van der Waals surface area (Å²) in [4.78, 5) is 47.4. The normalized spacial score (nSPS) is 21.7. The van der Waals surface area contributed by atoms with Gasteiger partial charge in [-0.05, 0) is 24.0 Å². The second-order valence-electron chi connectivity index (χ2n) is 7.43. The Morgan fingerprint density at radius 2 is 1.88 bits per heavy atom. The minimum absolute atomic E-state index is 0.0882. The van der Waals surface area contributed by atoms with E-state index in [2.05, 4.69) is 10.6 Å². The SMILES string of the molecule is CC1(C)CC(=O)C2=C(C1)NC(=O)C[C@H]2C(=O)Nc1ccc([N+](=O)[O-])cc1. The van der Waals surface area contributed by atoms with E-state index in [1.807, 2.05) is 13.8 Å². The molecule has 1 atom stereocenters. The molecule has 1 heterocycles. The number of Topliss-reactive ketones (excluding diaryl/α,β-unsaturated/α-hetero) is 1. The zero-order chi connectivity index (χ0) is 19.1. The standard InChI is InChI=1S/C18H19N3O5/c1-18(2)8-13-16(14(22)9-18)12(7-15(23)20-13)17(24)19-10-3-5-11(6-4-10)21(25)26/h3-6,12H,7-9H2,1-2H3,(H,19,24)(H,20,23)/t12-/m1/s1. The summed E-state index contributed by atoms with van der Waals surface area (Å²) in [6, 6.07) is 5.39. The third-order valence-corrected chi connectivity index (χ3v) is 4.61. The van der Waals surface area contributed by atoms with Crippen LogP contribution in [0.15, 0.2) is 35.5 Å². The van der Waals surface area contributed by atoms with Gasteiger partial charge in [-0.1, -0.05) is 13.8 Å². The fourth-order valence-electron chi connectivity index (χ4n) is 3.48. The Morgan fingerprint density at radius 3 is 2.50 bits per heavy atom. The van der Waals surface area contributed by atoms with E-state index in [1.54, 1.807) is 0 Å². The fourth-order valence-corrected chi connectivity index (χ4v) is 3.48. The lowest BCUT2D eigenvalue weighted by atomic mass is 9.71. The molecule has 2 aliphatic rings. The van der Waals surface area contributed by atoms with Gasteiger partial charge in [-0.25, -0.2) is 0 Å². The first-order valence-electron chi connectivity index (χ1n) is 8.28. The van der Waals surface area contributed by atoms with E-state index in [0.717, 1.165) is 0 Å². The number of allylic oxidation sites excluding steroid dienone is 1. The van der Waals surface area contributed by atoms with Gasteiger partial charge in [0.15, 0.2) is 5.78 Å². The summed E-state index contributed by atoms with van der Waals surface area (Å²) < 4.78 is 0. The van der Waals surface area contributed by atoms with Gasteiger partial charge < -0.3 is 10.6 Å². The number of nitrogens with zero attached hydrogens (tertiary/aromatic N) is 1. The molecule has 0 unspecified atom stereocenters. The predicted octanol–water partition coefficient (Wildman–Crippen LogP) is 2.31. The van der Waals surface area contributed by atoms with Gasteiger partial charge in [0.1, 0.15) is 0 Å². The van der Waals surface area contributed by atoms with Crippen molar-refractivity contribution < 1.29 is 19.3 Å². The number of anilines is 1. The number of non-ortho nitro benzene ring substituents is 1. The van der Waals surface area contributed by atoms with Crippen LogP contribution in [0.3, 0.4) is 0 Å². The topological polar surface area (TPSA) is 118 Å². The smallest absolute Gasteiger partial charge is 0.269 e. The van der Waals surface area contributed by atoms with Crippen LogP contribution in [0.5, 0.6) is 0 Å². The lowest BCUT2D eigenvalue weighted by molar-refractivity contribution is -0.384. The van der Waals surface area contributed by atoms with Crippen LogP contribution in [0.1, 0.15) is 33.1 Å². The molecule has 0 saturated carbocycles. The highest BCUT2D eigenvalue weighted by Gasteiger charge is 2.42. The monoisotopic (exact) mass is 357 g/mol. The van der Waals surface area contributed by atoms with Gasteiger partial charge >= 0.3 is 0 Å². The van der Waals surface area contributed by atoms with Gasteiger partial charge in [-0.15, -0.1) is 0 Å². The maximum atomic E-state index is 12.7. The Labute approximate surface area is 149 Å². The molecule has 0 radical (unpaired) electrons. The number of carbonyl (C=O) groups excluding carboxylic acids is 3. The van der Waals surface area contributed by atoms with E-state index < -0.39 is 16.7 Å². The van der Waals surface area contributed by atoms with E-state index in [1.165, 1.54) is 24.3 Å². The van der Waals surface area contributed by atoms with Crippen molar-refractivity contribution in [1.82, 2.24) is 5.32 Å². The molecule has 0 fully saturated rings. The predicted molar refractivity (Wildman–Crippen MR) is 93.0 cm³/mol. The van der Waals surface area contributed by atoms with Crippen LogP contribution in [0, 0.1) is 21.4 Å². The van der Waals surface area contributed by atoms with Crippen LogP contribution >= 0.6 is 0 Å². The number of nitrogens with one attached hydrogen (secondary N) is 2. The van der Waals surface area contributed by atoms with Crippen LogP contribution in [-0.2, 0) is 14.4 Å². The molecule has 2 N–H and O–H groups in total. The Morgan fingerprint density at radius 1 is 1.23 bits per heavy atom. The molecule has 26 heavy (non-hydrogen) atoms. The number of nitro benzene ring substituents is 1. The van der Waals surface area contributed by atoms with E-state index >= 15 is 0 Å². The number of carbonyl (C=O) groups is 3. The lowest BCUT2D eigenvalue weighted by Gasteiger charge is -2.37. The third-order valence-electron chi connectivity index (χ3n) is 4.61.